The SMILES string of the molecule is COC(=O)c1cc2c(/C=C/c3ccc(OC)c(OC)c3C(=O)OC)c3c(cc2[nH]1)OCO3. The van der Waals surface area contributed by atoms with E-state index in [1.165, 1.54) is 28.4 Å². The first kappa shape index (κ1) is 21.1. The summed E-state index contributed by atoms with van der Waals surface area (Å²) in [6.45, 7) is 0.0798. The highest BCUT2D eigenvalue weighted by atomic mass is 16.7. The van der Waals surface area contributed by atoms with Crippen molar-refractivity contribution in [3.8, 4) is 23.0 Å². The van der Waals surface area contributed by atoms with Crippen LogP contribution in [0.4, 0.5) is 0 Å². The maximum Gasteiger partial charge on any atom is 0.354 e. The number of aromatic amines is 1. The van der Waals surface area contributed by atoms with Gasteiger partial charge in [0.15, 0.2) is 23.0 Å². The molecule has 9 nitrogen and oxygen atoms in total. The van der Waals surface area contributed by atoms with E-state index in [1.54, 1.807) is 36.4 Å². The van der Waals surface area contributed by atoms with E-state index in [9.17, 15) is 9.59 Å². The van der Waals surface area contributed by atoms with Crippen molar-refractivity contribution in [2.75, 3.05) is 35.2 Å². The molecule has 0 fully saturated rings. The molecular weight excluding hydrogens is 418 g/mol. The average molecular weight is 439 g/mol. The second-order valence-electron chi connectivity index (χ2n) is 6.75. The molecular formula is C23H21NO8. The third-order valence-corrected chi connectivity index (χ3v) is 5.10. The maximum absolute atomic E-state index is 12.5. The highest BCUT2D eigenvalue weighted by Crippen LogP contribution is 2.42. The number of rotatable bonds is 6. The molecule has 0 saturated heterocycles. The Hall–Kier alpha value is -4.14. The second-order valence-corrected chi connectivity index (χ2v) is 6.75. The molecule has 0 amide bonds. The molecule has 3 aromatic rings. The van der Waals surface area contributed by atoms with Gasteiger partial charge in [0.25, 0.3) is 0 Å². The zero-order valence-electron chi connectivity index (χ0n) is 17.9. The lowest BCUT2D eigenvalue weighted by Gasteiger charge is -2.14. The molecule has 1 aromatic heterocycles. The van der Waals surface area contributed by atoms with E-state index in [2.05, 4.69) is 4.98 Å². The Morgan fingerprint density at radius 1 is 0.969 bits per heavy atom. The predicted molar refractivity (Wildman–Crippen MR) is 116 cm³/mol. The van der Waals surface area contributed by atoms with E-state index < -0.39 is 11.9 Å². The van der Waals surface area contributed by atoms with Crippen LogP contribution in [0.3, 0.4) is 0 Å². The van der Waals surface area contributed by atoms with E-state index in [1.807, 2.05) is 0 Å². The van der Waals surface area contributed by atoms with Crippen LogP contribution >= 0.6 is 0 Å². The van der Waals surface area contributed by atoms with E-state index >= 15 is 0 Å². The van der Waals surface area contributed by atoms with Crippen molar-refractivity contribution in [3.63, 3.8) is 0 Å². The van der Waals surface area contributed by atoms with Gasteiger partial charge in [-0.25, -0.2) is 9.59 Å². The second kappa shape index (κ2) is 8.54. The standard InChI is InChI=1S/C23H21NO8/c1-27-17-8-6-12(19(21(17)28-2)23(26)30-4)5-7-13-14-9-16(22(25)29-3)24-15(14)10-18-20(13)32-11-31-18/h5-10,24H,11H2,1-4H3/b7-5+. The molecule has 0 saturated carbocycles. The number of aromatic nitrogens is 1. The lowest BCUT2D eigenvalue weighted by molar-refractivity contribution is 0.0586. The zero-order valence-corrected chi connectivity index (χ0v) is 17.9. The highest BCUT2D eigenvalue weighted by Gasteiger charge is 2.24. The van der Waals surface area contributed by atoms with Crippen molar-refractivity contribution < 1.29 is 38.0 Å². The van der Waals surface area contributed by atoms with Crippen molar-refractivity contribution >= 4 is 35.0 Å². The van der Waals surface area contributed by atoms with Crippen molar-refractivity contribution in [1.82, 2.24) is 4.98 Å². The minimum atomic E-state index is -0.571. The summed E-state index contributed by atoms with van der Waals surface area (Å²) in [6.07, 6.45) is 3.51. The van der Waals surface area contributed by atoms with Gasteiger partial charge >= 0.3 is 11.9 Å². The fourth-order valence-electron chi connectivity index (χ4n) is 3.62. The maximum atomic E-state index is 12.5. The first-order chi connectivity index (χ1) is 15.5. The molecule has 4 rings (SSSR count). The first-order valence-corrected chi connectivity index (χ1v) is 9.57. The van der Waals surface area contributed by atoms with Gasteiger partial charge < -0.3 is 33.4 Å². The number of hydrogen-bond acceptors (Lipinski definition) is 8. The third kappa shape index (κ3) is 3.47. The molecule has 0 aliphatic carbocycles. The number of esters is 2. The van der Waals surface area contributed by atoms with Crippen LogP contribution in [0.25, 0.3) is 23.1 Å². The highest BCUT2D eigenvalue weighted by molar-refractivity contribution is 6.03. The summed E-state index contributed by atoms with van der Waals surface area (Å²) >= 11 is 0. The molecule has 0 spiro atoms. The predicted octanol–water partition coefficient (Wildman–Crippen LogP) is 3.66. The van der Waals surface area contributed by atoms with E-state index in [-0.39, 0.29) is 18.1 Å². The summed E-state index contributed by atoms with van der Waals surface area (Å²) in [5.74, 6) is 0.668. The van der Waals surface area contributed by atoms with Crippen LogP contribution in [-0.2, 0) is 9.47 Å². The van der Waals surface area contributed by atoms with Gasteiger partial charge in [-0.05, 0) is 23.8 Å². The Labute approximate surface area is 183 Å². The van der Waals surface area contributed by atoms with Gasteiger partial charge in [0.05, 0.1) is 34.0 Å². The number of benzene rings is 2. The summed E-state index contributed by atoms with van der Waals surface area (Å²) < 4.78 is 31.7. The van der Waals surface area contributed by atoms with Crippen LogP contribution in [-0.4, -0.2) is 52.2 Å². The Kier molecular flexibility index (Phi) is 5.63. The Morgan fingerprint density at radius 2 is 1.75 bits per heavy atom. The van der Waals surface area contributed by atoms with Crippen LogP contribution in [0.2, 0.25) is 0 Å². The number of nitrogens with one attached hydrogen (secondary N) is 1. The summed E-state index contributed by atoms with van der Waals surface area (Å²) in [5, 5.41) is 0.728. The number of methoxy groups -OCH3 is 4. The molecule has 0 atom stereocenters. The average Bonchev–Trinajstić information content (AvgIpc) is 3.46. The van der Waals surface area contributed by atoms with Crippen LogP contribution in [0, 0.1) is 0 Å². The van der Waals surface area contributed by atoms with Gasteiger partial charge in [-0.3, -0.25) is 0 Å². The number of carbonyl (C=O) groups is 2. The summed E-state index contributed by atoms with van der Waals surface area (Å²) in [4.78, 5) is 27.5. The molecule has 0 unspecified atom stereocenters. The van der Waals surface area contributed by atoms with Gasteiger partial charge in [-0.2, -0.15) is 0 Å². The number of H-pyrrole nitrogens is 1. The fourth-order valence-corrected chi connectivity index (χ4v) is 3.62. The number of hydrogen-bond donors (Lipinski definition) is 1. The van der Waals surface area contributed by atoms with Gasteiger partial charge in [-0.15, -0.1) is 0 Å². The van der Waals surface area contributed by atoms with Gasteiger partial charge in [0.1, 0.15) is 11.3 Å². The van der Waals surface area contributed by atoms with Crippen LogP contribution in [0.1, 0.15) is 32.0 Å². The normalized spacial score (nSPS) is 12.2. The van der Waals surface area contributed by atoms with E-state index in [4.69, 9.17) is 28.4 Å². The van der Waals surface area contributed by atoms with Gasteiger partial charge in [0.2, 0.25) is 6.79 Å². The minimum absolute atomic E-state index is 0.0798. The number of fused-ring (bicyclic) bond motifs is 2. The van der Waals surface area contributed by atoms with Crippen LogP contribution < -0.4 is 18.9 Å². The summed E-state index contributed by atoms with van der Waals surface area (Å²) in [7, 11) is 5.54. The largest absolute Gasteiger partial charge is 0.493 e. The molecule has 166 valence electrons. The van der Waals surface area contributed by atoms with E-state index in [0.717, 1.165) is 5.39 Å². The Bertz CT molecular complexity index is 1240. The molecule has 2 heterocycles. The molecule has 9 heteroatoms. The number of carbonyl (C=O) groups excluding carboxylic acids is 2. The van der Waals surface area contributed by atoms with Crippen molar-refractivity contribution in [1.29, 1.82) is 0 Å². The Balaban J connectivity index is 1.88. The zero-order chi connectivity index (χ0) is 22.8. The Morgan fingerprint density at radius 3 is 2.44 bits per heavy atom. The molecule has 1 aliphatic rings. The molecule has 32 heavy (non-hydrogen) atoms. The van der Waals surface area contributed by atoms with Crippen molar-refractivity contribution in [2.24, 2.45) is 0 Å². The first-order valence-electron chi connectivity index (χ1n) is 9.57. The smallest absolute Gasteiger partial charge is 0.354 e. The molecule has 0 bridgehead atoms. The van der Waals surface area contributed by atoms with Gasteiger partial charge in [-0.1, -0.05) is 12.1 Å². The summed E-state index contributed by atoms with van der Waals surface area (Å²) in [5.41, 5.74) is 2.41. The fraction of sp³-hybridized carbons (Fsp3) is 0.217. The molecule has 1 aliphatic heterocycles. The summed E-state index contributed by atoms with van der Waals surface area (Å²) in [6, 6.07) is 6.86. The monoisotopic (exact) mass is 439 g/mol. The van der Waals surface area contributed by atoms with E-state index in [0.29, 0.717) is 39.6 Å². The minimum Gasteiger partial charge on any atom is -0.493 e. The van der Waals surface area contributed by atoms with Crippen molar-refractivity contribution in [2.45, 2.75) is 0 Å². The van der Waals surface area contributed by atoms with Crippen LogP contribution in [0.15, 0.2) is 24.3 Å². The molecule has 1 N–H and O–H groups in total. The molecule has 0 radical (unpaired) electrons. The lowest BCUT2D eigenvalue weighted by Crippen LogP contribution is -2.07. The lowest BCUT2D eigenvalue weighted by atomic mass is 10.0. The number of ether oxygens (including phenoxy) is 6. The quantitative estimate of drug-likeness (QED) is 0.458. The third-order valence-electron chi connectivity index (χ3n) is 5.10. The molecule has 2 aromatic carbocycles. The van der Waals surface area contributed by atoms with Crippen LogP contribution in [0.5, 0.6) is 23.0 Å². The van der Waals surface area contributed by atoms with Crippen molar-refractivity contribution in [3.05, 3.63) is 46.6 Å². The topological polar surface area (TPSA) is 105 Å². The van der Waals surface area contributed by atoms with Gasteiger partial charge in [0, 0.05) is 17.0 Å².